The van der Waals surface area contributed by atoms with Crippen LogP contribution in [0.2, 0.25) is 13.1 Å². The Morgan fingerprint density at radius 2 is 1.73 bits per heavy atom. The Morgan fingerprint density at radius 3 is 2.41 bits per heavy atom. The van der Waals surface area contributed by atoms with Crippen molar-refractivity contribution in [3.05, 3.63) is 68.8 Å². The molecule has 2 unspecified atom stereocenters. The molecule has 0 aromatic heterocycles. The van der Waals surface area contributed by atoms with Crippen molar-refractivity contribution in [2.45, 2.75) is 26.9 Å². The maximum atomic E-state index is 6.51. The Balaban J connectivity index is 2.20. The zero-order valence-electron chi connectivity index (χ0n) is 13.4. The maximum absolute atomic E-state index is 6.51. The van der Waals surface area contributed by atoms with Crippen LogP contribution < -0.4 is 0 Å². The summed E-state index contributed by atoms with van der Waals surface area (Å²) in [4.78, 5) is 0. The molecule has 0 heterocycles. The molecule has 0 saturated heterocycles. The lowest BCUT2D eigenvalue weighted by molar-refractivity contribution is 0.828. The fourth-order valence-corrected chi connectivity index (χ4v) is 5.11. The van der Waals surface area contributed by atoms with E-state index in [1.54, 1.807) is 0 Å². The van der Waals surface area contributed by atoms with Crippen molar-refractivity contribution in [3.8, 4) is 0 Å². The van der Waals surface area contributed by atoms with Crippen LogP contribution in [0.3, 0.4) is 0 Å². The summed E-state index contributed by atoms with van der Waals surface area (Å²) in [5, 5.41) is 2.91. The van der Waals surface area contributed by atoms with E-state index in [0.29, 0.717) is 11.0 Å². The molecule has 0 radical (unpaired) electrons. The Morgan fingerprint density at radius 1 is 1.00 bits per heavy atom. The third kappa shape index (κ3) is 2.50. The number of allylic oxidation sites excluding steroid dienone is 12. The van der Waals surface area contributed by atoms with Gasteiger partial charge in [-0.05, 0) is 33.5 Å². The van der Waals surface area contributed by atoms with E-state index in [1.165, 1.54) is 27.5 Å². The molecule has 3 heteroatoms. The van der Waals surface area contributed by atoms with Crippen molar-refractivity contribution in [1.82, 2.24) is 0 Å². The Kier molecular flexibility index (Phi) is 4.33. The molecule has 22 heavy (non-hydrogen) atoms. The molecule has 0 aromatic rings. The van der Waals surface area contributed by atoms with Crippen LogP contribution in [0.1, 0.15) is 13.8 Å². The summed E-state index contributed by atoms with van der Waals surface area (Å²) in [5.74, 6) is 0.559. The lowest BCUT2D eigenvalue weighted by Gasteiger charge is -2.20. The van der Waals surface area contributed by atoms with Crippen LogP contribution in [0.5, 0.6) is 0 Å². The van der Waals surface area contributed by atoms with Gasteiger partial charge in [-0.3, -0.25) is 0 Å². The molecule has 2 atom stereocenters. The normalized spacial score (nSPS) is 27.3. The van der Waals surface area contributed by atoms with Gasteiger partial charge in [0.05, 0.1) is 5.03 Å². The third-order valence-electron chi connectivity index (χ3n) is 4.58. The van der Waals surface area contributed by atoms with Gasteiger partial charge in [0, 0.05) is 25.3 Å². The van der Waals surface area contributed by atoms with Crippen LogP contribution in [0, 0.1) is 11.8 Å². The van der Waals surface area contributed by atoms with Gasteiger partial charge >= 0.3 is 0 Å². The molecule has 0 N–H and O–H groups in total. The van der Waals surface area contributed by atoms with Crippen LogP contribution in [0.4, 0.5) is 0 Å². The molecule has 3 rings (SSSR count). The summed E-state index contributed by atoms with van der Waals surface area (Å²) in [7, 11) is -0.492. The number of halogens is 2. The average molecular weight is 347 g/mol. The monoisotopic (exact) mass is 346 g/mol. The van der Waals surface area contributed by atoms with Gasteiger partial charge in [-0.25, -0.2) is 0 Å². The summed E-state index contributed by atoms with van der Waals surface area (Å²) >= 11 is 12.8. The lowest BCUT2D eigenvalue weighted by Crippen LogP contribution is -2.14. The smallest absolute Gasteiger partial charge is 0.0557 e. The molecule has 0 nitrogen and oxygen atoms in total. The molecule has 0 aliphatic heterocycles. The summed E-state index contributed by atoms with van der Waals surface area (Å²) < 4.78 is 0. The van der Waals surface area contributed by atoms with Crippen molar-refractivity contribution in [2.24, 2.45) is 11.8 Å². The van der Waals surface area contributed by atoms with Gasteiger partial charge in [-0.15, -0.1) is 0 Å². The van der Waals surface area contributed by atoms with E-state index >= 15 is 0 Å². The molecule has 114 valence electrons. The van der Waals surface area contributed by atoms with E-state index < -0.39 is 8.41 Å². The van der Waals surface area contributed by atoms with Crippen molar-refractivity contribution in [1.29, 1.82) is 0 Å². The molecule has 0 fully saturated rings. The Hall–Kier alpha value is -0.893. The highest BCUT2D eigenvalue weighted by molar-refractivity contribution is 6.74. The van der Waals surface area contributed by atoms with Gasteiger partial charge < -0.3 is 0 Å². The van der Waals surface area contributed by atoms with Gasteiger partial charge in [0.25, 0.3) is 0 Å². The molecular weight excluding hydrogens is 327 g/mol. The number of fused-ring (bicyclic) bond motifs is 1. The lowest BCUT2D eigenvalue weighted by atomic mass is 9.87. The van der Waals surface area contributed by atoms with Crippen LogP contribution >= 0.6 is 23.2 Å². The topological polar surface area (TPSA) is 0 Å². The number of hydrogen-bond donors (Lipinski definition) is 0. The van der Waals surface area contributed by atoms with Gasteiger partial charge in [0.15, 0.2) is 0 Å². The predicted octanol–water partition coefficient (Wildman–Crippen LogP) is 5.76. The summed E-state index contributed by atoms with van der Waals surface area (Å²) in [6.45, 7) is 9.13. The molecular formula is C19H20Cl2Si. The second kappa shape index (κ2) is 5.96. The molecule has 0 aromatic carbocycles. The fraction of sp³-hybridized carbons (Fsp3) is 0.316. The van der Waals surface area contributed by atoms with Gasteiger partial charge in [-0.1, -0.05) is 80.5 Å². The van der Waals surface area contributed by atoms with Crippen LogP contribution in [-0.2, 0) is 0 Å². The zero-order chi connectivity index (χ0) is 16.0. The number of hydrogen-bond acceptors (Lipinski definition) is 0. The molecule has 0 amide bonds. The minimum atomic E-state index is -0.492. The summed E-state index contributed by atoms with van der Waals surface area (Å²) in [6.07, 6.45) is 13.1. The molecule has 3 aliphatic rings. The van der Waals surface area contributed by atoms with E-state index in [-0.39, 0.29) is 5.92 Å². The first-order chi connectivity index (χ1) is 10.4. The van der Waals surface area contributed by atoms with Crippen LogP contribution in [-0.4, -0.2) is 13.6 Å². The van der Waals surface area contributed by atoms with Gasteiger partial charge in [0.2, 0.25) is 0 Å². The van der Waals surface area contributed by atoms with Gasteiger partial charge in [-0.2, -0.15) is 0 Å². The first-order valence-electron chi connectivity index (χ1n) is 7.68. The first-order valence-corrected chi connectivity index (χ1v) is 10.9. The van der Waals surface area contributed by atoms with Crippen molar-refractivity contribution >= 4 is 36.8 Å². The van der Waals surface area contributed by atoms with Crippen LogP contribution in [0.25, 0.3) is 0 Å². The van der Waals surface area contributed by atoms with Crippen LogP contribution in [0.15, 0.2) is 68.8 Å². The highest BCUT2D eigenvalue weighted by Crippen LogP contribution is 2.46. The van der Waals surface area contributed by atoms with E-state index in [4.69, 9.17) is 23.2 Å². The van der Waals surface area contributed by atoms with Crippen molar-refractivity contribution in [3.63, 3.8) is 0 Å². The van der Waals surface area contributed by atoms with Crippen molar-refractivity contribution < 1.29 is 0 Å². The quantitative estimate of drug-likeness (QED) is 0.529. The summed E-state index contributed by atoms with van der Waals surface area (Å²) in [5.41, 5.74) is 5.47. The zero-order valence-corrected chi connectivity index (χ0v) is 15.9. The SMILES string of the molecule is CC1C=C2C=CC(Cl)=C(Cl)C(C)C2=C1C1=CC=CC1=[Si](C)C. The summed E-state index contributed by atoms with van der Waals surface area (Å²) in [6, 6.07) is 0. The Labute approximate surface area is 144 Å². The van der Waals surface area contributed by atoms with Gasteiger partial charge in [0.1, 0.15) is 0 Å². The second-order valence-electron chi connectivity index (χ2n) is 6.34. The largest absolute Gasteiger partial charge is 0.0869 e. The first kappa shape index (κ1) is 16.0. The minimum absolute atomic E-state index is 0.141. The Bertz CT molecular complexity index is 750. The molecule has 0 bridgehead atoms. The molecule has 0 spiro atoms. The van der Waals surface area contributed by atoms with E-state index in [1.807, 2.05) is 6.08 Å². The van der Waals surface area contributed by atoms with E-state index in [9.17, 15) is 0 Å². The standard InChI is InChI=1S/C19H20Cl2Si/c1-11-10-13-8-9-15(20)19(21)12(2)18(13)17(11)14-6-5-7-16(14)22(3)4/h5-12H,1-4H3. The average Bonchev–Trinajstić information content (AvgIpc) is 3.04. The predicted molar refractivity (Wildman–Crippen MR) is 101 cm³/mol. The van der Waals surface area contributed by atoms with Crippen molar-refractivity contribution in [2.75, 3.05) is 0 Å². The maximum Gasteiger partial charge on any atom is 0.0557 e. The minimum Gasteiger partial charge on any atom is -0.0869 e. The fourth-order valence-electron chi connectivity index (χ4n) is 3.53. The second-order valence-corrected chi connectivity index (χ2v) is 9.70. The molecule has 0 saturated carbocycles. The molecule has 3 aliphatic carbocycles. The van der Waals surface area contributed by atoms with E-state index in [0.717, 1.165) is 5.03 Å². The number of rotatable bonds is 1. The highest BCUT2D eigenvalue weighted by Gasteiger charge is 2.32. The highest BCUT2D eigenvalue weighted by atomic mass is 35.5. The van der Waals surface area contributed by atoms with E-state index in [2.05, 4.69) is 57.3 Å². The third-order valence-corrected chi connectivity index (χ3v) is 7.05.